The van der Waals surface area contributed by atoms with Crippen LogP contribution in [0.25, 0.3) is 11.1 Å². The van der Waals surface area contributed by atoms with Gasteiger partial charge in [0.25, 0.3) is 0 Å². The lowest BCUT2D eigenvalue weighted by atomic mass is 9.82. The minimum Gasteiger partial charge on any atom is -0.481 e. The van der Waals surface area contributed by atoms with Gasteiger partial charge < -0.3 is 41.2 Å². The van der Waals surface area contributed by atoms with Crippen LogP contribution >= 0.6 is 0 Å². The maximum Gasteiger partial charge on any atom is 0.326 e. The van der Waals surface area contributed by atoms with Crippen molar-refractivity contribution in [2.75, 3.05) is 19.7 Å². The number of carboxylic acids is 2. The molecular formula is C39H49F2N5O9. The first-order chi connectivity index (χ1) is 25.9. The number of nitrogens with one attached hydrogen (secondary N) is 2. The third-order valence-corrected chi connectivity index (χ3v) is 8.87. The summed E-state index contributed by atoms with van der Waals surface area (Å²) in [6.45, 7) is 4.67. The van der Waals surface area contributed by atoms with Gasteiger partial charge in [-0.15, -0.1) is 0 Å². The molecule has 3 atom stereocenters. The zero-order chi connectivity index (χ0) is 40.9. The number of nitrogens with zero attached hydrogens (tertiary/aromatic N) is 2. The summed E-state index contributed by atoms with van der Waals surface area (Å²) in [5.41, 5.74) is 7.26. The van der Waals surface area contributed by atoms with Gasteiger partial charge in [0.2, 0.25) is 17.7 Å². The van der Waals surface area contributed by atoms with Gasteiger partial charge in [0.05, 0.1) is 18.5 Å². The van der Waals surface area contributed by atoms with Crippen LogP contribution in [0.5, 0.6) is 0 Å². The number of hydrogen-bond donors (Lipinski definition) is 6. The Balaban J connectivity index is 1.79. The summed E-state index contributed by atoms with van der Waals surface area (Å²) < 4.78 is 31.1. The van der Waals surface area contributed by atoms with E-state index in [1.807, 2.05) is 55.7 Å². The average Bonchev–Trinajstić information content (AvgIpc) is 3.53. The van der Waals surface area contributed by atoms with Gasteiger partial charge in [0, 0.05) is 61.9 Å². The highest BCUT2D eigenvalue weighted by Crippen LogP contribution is 2.41. The van der Waals surface area contributed by atoms with Crippen LogP contribution in [0.4, 0.5) is 8.78 Å². The molecule has 298 valence electrons. The number of nitrogens with two attached hydrogens (primary N) is 1. The maximum atomic E-state index is 15.0. The fourth-order valence-corrected chi connectivity index (χ4v) is 6.11. The second-order valence-electron chi connectivity index (χ2n) is 14.3. The van der Waals surface area contributed by atoms with E-state index < -0.39 is 77.2 Å². The Morgan fingerprint density at radius 3 is 2.20 bits per heavy atom. The number of aliphatic carboxylic acids is 2. The van der Waals surface area contributed by atoms with Crippen LogP contribution in [-0.2, 0) is 35.3 Å². The number of halogens is 2. The lowest BCUT2D eigenvalue weighted by Crippen LogP contribution is -2.51. The predicted octanol–water partition coefficient (Wildman–Crippen LogP) is 3.40. The number of benzene rings is 2. The molecule has 0 bridgehead atoms. The van der Waals surface area contributed by atoms with Crippen molar-refractivity contribution >= 4 is 35.4 Å². The Morgan fingerprint density at radius 2 is 1.58 bits per heavy atom. The highest BCUT2D eigenvalue weighted by atomic mass is 19.1. The molecule has 0 aliphatic carbocycles. The van der Waals surface area contributed by atoms with E-state index in [0.29, 0.717) is 17.8 Å². The minimum atomic E-state index is -1.45. The number of aliphatic hydroxyl groups is 1. The number of carbonyl (C=O) groups is 6. The first-order valence-corrected chi connectivity index (χ1v) is 17.8. The van der Waals surface area contributed by atoms with Crippen molar-refractivity contribution in [3.8, 4) is 11.1 Å². The van der Waals surface area contributed by atoms with Crippen molar-refractivity contribution < 1.29 is 52.9 Å². The van der Waals surface area contributed by atoms with Gasteiger partial charge in [-0.25, -0.2) is 13.6 Å². The van der Waals surface area contributed by atoms with Gasteiger partial charge in [-0.1, -0.05) is 51.1 Å². The summed E-state index contributed by atoms with van der Waals surface area (Å²) in [4.78, 5) is 74.3. The van der Waals surface area contributed by atoms with Crippen molar-refractivity contribution in [2.24, 2.45) is 11.1 Å². The van der Waals surface area contributed by atoms with E-state index in [0.717, 1.165) is 23.8 Å². The Kier molecular flexibility index (Phi) is 16.2. The number of Topliss-reactive ketones (excluding diaryl/α,β-unsaturated/α-hetero) is 1. The van der Waals surface area contributed by atoms with Crippen molar-refractivity contribution in [1.82, 2.24) is 20.1 Å². The number of aromatic nitrogens is 1. The Morgan fingerprint density at radius 1 is 0.909 bits per heavy atom. The molecule has 0 aliphatic heterocycles. The molecule has 0 radical (unpaired) electrons. The van der Waals surface area contributed by atoms with E-state index >= 15 is 4.39 Å². The maximum absolute atomic E-state index is 15.0. The molecule has 7 N–H and O–H groups in total. The van der Waals surface area contributed by atoms with Gasteiger partial charge in [0.15, 0.2) is 0 Å². The number of carbonyl (C=O) groups excluding carboxylic acids is 4. The van der Waals surface area contributed by atoms with Crippen molar-refractivity contribution in [3.05, 3.63) is 83.7 Å². The van der Waals surface area contributed by atoms with Crippen LogP contribution in [-0.4, -0.2) is 92.0 Å². The number of hydrogen-bond acceptors (Lipinski definition) is 8. The van der Waals surface area contributed by atoms with E-state index in [1.54, 1.807) is 12.3 Å². The quantitative estimate of drug-likeness (QED) is 0.0927. The van der Waals surface area contributed by atoms with Crippen LogP contribution in [0.1, 0.15) is 76.6 Å². The molecule has 16 heteroatoms. The lowest BCUT2D eigenvalue weighted by Gasteiger charge is -2.41. The zero-order valence-corrected chi connectivity index (χ0v) is 31.1. The molecule has 0 spiro atoms. The molecular weight excluding hydrogens is 720 g/mol. The molecule has 0 fully saturated rings. The van der Waals surface area contributed by atoms with E-state index in [9.17, 15) is 43.4 Å². The van der Waals surface area contributed by atoms with Crippen LogP contribution in [0, 0.1) is 17.0 Å². The van der Waals surface area contributed by atoms with Gasteiger partial charge >= 0.3 is 11.9 Å². The summed E-state index contributed by atoms with van der Waals surface area (Å²) in [6, 6.07) is 10.6. The first-order valence-electron chi connectivity index (χ1n) is 17.8. The number of ketones is 1. The smallest absolute Gasteiger partial charge is 0.326 e. The third-order valence-electron chi connectivity index (χ3n) is 8.87. The number of rotatable bonds is 21. The zero-order valence-electron chi connectivity index (χ0n) is 31.1. The van der Waals surface area contributed by atoms with E-state index in [-0.39, 0.29) is 57.2 Å². The van der Waals surface area contributed by atoms with Gasteiger partial charge in [0.1, 0.15) is 30.1 Å². The van der Waals surface area contributed by atoms with E-state index in [1.165, 1.54) is 4.90 Å². The monoisotopic (exact) mass is 769 g/mol. The van der Waals surface area contributed by atoms with E-state index in [2.05, 4.69) is 10.6 Å². The van der Waals surface area contributed by atoms with Crippen LogP contribution in [0.2, 0.25) is 0 Å². The normalized spacial score (nSPS) is 13.0. The molecule has 2 aromatic carbocycles. The van der Waals surface area contributed by atoms with Gasteiger partial charge in [-0.2, -0.15) is 0 Å². The highest BCUT2D eigenvalue weighted by molar-refractivity contribution is 5.88. The van der Waals surface area contributed by atoms with Crippen LogP contribution < -0.4 is 16.4 Å². The van der Waals surface area contributed by atoms with Crippen molar-refractivity contribution in [2.45, 2.75) is 84.0 Å². The predicted molar refractivity (Wildman–Crippen MR) is 197 cm³/mol. The van der Waals surface area contributed by atoms with Crippen LogP contribution in [0.15, 0.2) is 60.8 Å². The summed E-state index contributed by atoms with van der Waals surface area (Å²) in [7, 11) is 0. The topological polar surface area (TPSA) is 221 Å². The lowest BCUT2D eigenvalue weighted by molar-refractivity contribution is -0.142. The Bertz CT molecular complexity index is 1830. The number of amides is 3. The second-order valence-corrected chi connectivity index (χ2v) is 14.3. The largest absolute Gasteiger partial charge is 0.481 e. The molecule has 1 heterocycles. The average molecular weight is 770 g/mol. The summed E-state index contributed by atoms with van der Waals surface area (Å²) in [5, 5.41) is 33.3. The molecule has 3 aromatic rings. The van der Waals surface area contributed by atoms with Crippen LogP contribution in [0.3, 0.4) is 0 Å². The molecule has 1 aromatic heterocycles. The van der Waals surface area contributed by atoms with Gasteiger partial charge in [-0.3, -0.25) is 24.0 Å². The molecule has 55 heavy (non-hydrogen) atoms. The number of aliphatic hydroxyl groups excluding tert-OH is 1. The Labute approximate surface area is 317 Å². The first kappa shape index (κ1) is 43.9. The SMILES string of the molecule is CC(C)(C)[C@H](c1cc(-c2cc(F)ccc2F)cn1Cc1ccccc1)N(CC[C@H](N)C(=O)N[C@H](CCNC(=O)CCC(=O)CCC(=O)O)C(=O)O)C(=O)CO. The highest BCUT2D eigenvalue weighted by Gasteiger charge is 2.37. The summed E-state index contributed by atoms with van der Waals surface area (Å²) in [6.07, 6.45) is 0.333. The third kappa shape index (κ3) is 13.4. The minimum absolute atomic E-state index is 0.00934. The Hall–Kier alpha value is -5.48. The number of carboxylic acid groups (broad SMARTS) is 2. The van der Waals surface area contributed by atoms with Crippen molar-refractivity contribution in [3.63, 3.8) is 0 Å². The molecule has 0 saturated heterocycles. The molecule has 0 unspecified atom stereocenters. The molecule has 3 amide bonds. The fourth-order valence-electron chi connectivity index (χ4n) is 6.11. The molecule has 0 saturated carbocycles. The summed E-state index contributed by atoms with van der Waals surface area (Å²) >= 11 is 0. The fraction of sp³-hybridized carbons (Fsp3) is 0.436. The van der Waals surface area contributed by atoms with Gasteiger partial charge in [-0.05, 0) is 48.1 Å². The molecule has 3 rings (SSSR count). The van der Waals surface area contributed by atoms with Crippen molar-refractivity contribution in [1.29, 1.82) is 0 Å². The molecule has 0 aliphatic rings. The van der Waals surface area contributed by atoms with E-state index in [4.69, 9.17) is 10.8 Å². The standard InChI is InChI=1S/C39H49F2N5O9/c1-39(2,3)36(32-19-25(28-20-26(40)9-12-29(28)41)22-45(32)21-24-7-5-4-6-8-24)46(34(50)23-47)18-16-30(42)37(53)44-31(38(54)55)15-17-43-33(49)13-10-27(48)11-14-35(51)52/h4-9,12,19-20,22,30-31,36,47H,10-11,13-18,21,23,42H2,1-3H3,(H,43,49)(H,44,53)(H,51,52)(H,54,55)/t30-,31+,36-/m0/s1. The second kappa shape index (κ2) is 20.3. The molecule has 14 nitrogen and oxygen atoms in total. The summed E-state index contributed by atoms with van der Waals surface area (Å²) in [5.74, 6) is -6.31.